The molecule has 2 aromatic rings. The molecule has 2 nitrogen and oxygen atoms in total. The SMILES string of the molecule is COc1c(C)cc(C(C)C)cc1-c1cc(C)co1. The molecule has 0 spiro atoms. The van der Waals surface area contributed by atoms with E-state index < -0.39 is 0 Å². The molecule has 0 aliphatic rings. The molecule has 18 heavy (non-hydrogen) atoms. The zero-order valence-corrected chi connectivity index (χ0v) is 11.7. The normalized spacial score (nSPS) is 11.0. The molecular weight excluding hydrogens is 224 g/mol. The third-order valence-corrected chi connectivity index (χ3v) is 3.16. The summed E-state index contributed by atoms with van der Waals surface area (Å²) in [6.07, 6.45) is 1.77. The van der Waals surface area contributed by atoms with Crippen LogP contribution in [0.4, 0.5) is 0 Å². The Morgan fingerprint density at radius 3 is 2.33 bits per heavy atom. The van der Waals surface area contributed by atoms with E-state index in [4.69, 9.17) is 9.15 Å². The van der Waals surface area contributed by atoms with Gasteiger partial charge in [-0.15, -0.1) is 0 Å². The van der Waals surface area contributed by atoms with Crippen molar-refractivity contribution in [3.63, 3.8) is 0 Å². The second kappa shape index (κ2) is 4.89. The average molecular weight is 244 g/mol. The number of ether oxygens (including phenoxy) is 1. The number of hydrogen-bond donors (Lipinski definition) is 0. The minimum absolute atomic E-state index is 0.490. The molecule has 0 N–H and O–H groups in total. The molecule has 96 valence electrons. The molecular formula is C16H20O2. The number of furan rings is 1. The molecule has 0 unspecified atom stereocenters. The molecule has 1 aromatic carbocycles. The molecule has 0 bridgehead atoms. The number of hydrogen-bond acceptors (Lipinski definition) is 2. The van der Waals surface area contributed by atoms with Gasteiger partial charge in [0.25, 0.3) is 0 Å². The number of aryl methyl sites for hydroxylation is 2. The monoisotopic (exact) mass is 244 g/mol. The van der Waals surface area contributed by atoms with Crippen LogP contribution in [0.5, 0.6) is 5.75 Å². The molecule has 0 amide bonds. The van der Waals surface area contributed by atoms with Gasteiger partial charge in [0.2, 0.25) is 0 Å². The third kappa shape index (κ3) is 2.28. The lowest BCUT2D eigenvalue weighted by atomic mass is 9.96. The summed E-state index contributed by atoms with van der Waals surface area (Å²) in [6.45, 7) is 8.49. The maximum atomic E-state index is 5.60. The van der Waals surface area contributed by atoms with E-state index in [2.05, 4.69) is 32.9 Å². The Labute approximate surface area is 109 Å². The zero-order valence-electron chi connectivity index (χ0n) is 11.7. The first kappa shape index (κ1) is 12.7. The summed E-state index contributed by atoms with van der Waals surface area (Å²) >= 11 is 0. The summed E-state index contributed by atoms with van der Waals surface area (Å²) in [7, 11) is 1.71. The Bertz CT molecular complexity index is 550. The standard InChI is InChI=1S/C16H20O2/c1-10(2)13-7-12(4)16(17-5)14(8-13)15-6-11(3)9-18-15/h6-10H,1-5H3. The molecule has 0 saturated carbocycles. The van der Waals surface area contributed by atoms with Crippen LogP contribution < -0.4 is 4.74 Å². The Kier molecular flexibility index (Phi) is 3.46. The third-order valence-electron chi connectivity index (χ3n) is 3.16. The number of benzene rings is 1. The first-order valence-electron chi connectivity index (χ1n) is 6.27. The van der Waals surface area contributed by atoms with E-state index in [1.165, 1.54) is 5.56 Å². The van der Waals surface area contributed by atoms with E-state index in [1.54, 1.807) is 13.4 Å². The van der Waals surface area contributed by atoms with Gasteiger partial charge in [0.05, 0.1) is 18.9 Å². The fourth-order valence-electron chi connectivity index (χ4n) is 2.16. The van der Waals surface area contributed by atoms with E-state index in [0.717, 1.165) is 28.2 Å². The van der Waals surface area contributed by atoms with Crippen molar-refractivity contribution in [1.82, 2.24) is 0 Å². The molecule has 0 saturated heterocycles. The van der Waals surface area contributed by atoms with Gasteiger partial charge in [-0.3, -0.25) is 0 Å². The number of rotatable bonds is 3. The quantitative estimate of drug-likeness (QED) is 0.781. The summed E-state index contributed by atoms with van der Waals surface area (Å²) in [5.41, 5.74) is 4.61. The van der Waals surface area contributed by atoms with Crippen LogP contribution in [-0.2, 0) is 0 Å². The molecule has 2 heteroatoms. The van der Waals surface area contributed by atoms with E-state index in [1.807, 2.05) is 13.0 Å². The van der Waals surface area contributed by atoms with Crippen LogP contribution in [0.3, 0.4) is 0 Å². The second-order valence-corrected chi connectivity index (χ2v) is 5.06. The fraction of sp³-hybridized carbons (Fsp3) is 0.375. The van der Waals surface area contributed by atoms with Crippen molar-refractivity contribution in [3.8, 4) is 17.1 Å². The van der Waals surface area contributed by atoms with Gasteiger partial charge in [-0.25, -0.2) is 0 Å². The van der Waals surface area contributed by atoms with Gasteiger partial charge in [0.1, 0.15) is 11.5 Å². The fourth-order valence-corrected chi connectivity index (χ4v) is 2.16. The predicted octanol–water partition coefficient (Wildman–Crippen LogP) is 4.70. The van der Waals surface area contributed by atoms with Crippen molar-refractivity contribution in [1.29, 1.82) is 0 Å². The molecule has 1 heterocycles. The lowest BCUT2D eigenvalue weighted by Gasteiger charge is -2.14. The van der Waals surface area contributed by atoms with E-state index >= 15 is 0 Å². The molecule has 0 aliphatic carbocycles. The molecule has 0 atom stereocenters. The van der Waals surface area contributed by atoms with E-state index in [0.29, 0.717) is 5.92 Å². The van der Waals surface area contributed by atoms with E-state index in [-0.39, 0.29) is 0 Å². The smallest absolute Gasteiger partial charge is 0.137 e. The van der Waals surface area contributed by atoms with Gasteiger partial charge in [-0.1, -0.05) is 19.9 Å². The lowest BCUT2D eigenvalue weighted by molar-refractivity contribution is 0.411. The van der Waals surface area contributed by atoms with Gasteiger partial charge >= 0.3 is 0 Å². The van der Waals surface area contributed by atoms with Crippen LogP contribution in [0.1, 0.15) is 36.5 Å². The summed E-state index contributed by atoms with van der Waals surface area (Å²) < 4.78 is 11.1. The summed E-state index contributed by atoms with van der Waals surface area (Å²) in [5.74, 6) is 2.26. The van der Waals surface area contributed by atoms with Crippen LogP contribution in [0, 0.1) is 13.8 Å². The van der Waals surface area contributed by atoms with Crippen molar-refractivity contribution < 1.29 is 9.15 Å². The minimum Gasteiger partial charge on any atom is -0.496 e. The predicted molar refractivity (Wildman–Crippen MR) is 74.3 cm³/mol. The summed E-state index contributed by atoms with van der Waals surface area (Å²) in [4.78, 5) is 0. The maximum Gasteiger partial charge on any atom is 0.137 e. The van der Waals surface area contributed by atoms with Crippen LogP contribution in [0.25, 0.3) is 11.3 Å². The van der Waals surface area contributed by atoms with Crippen molar-refractivity contribution >= 4 is 0 Å². The minimum atomic E-state index is 0.490. The van der Waals surface area contributed by atoms with Gasteiger partial charge in [0.15, 0.2) is 0 Å². The largest absolute Gasteiger partial charge is 0.496 e. The molecule has 2 rings (SSSR count). The Morgan fingerprint density at radius 2 is 1.83 bits per heavy atom. The highest BCUT2D eigenvalue weighted by molar-refractivity contribution is 5.69. The van der Waals surface area contributed by atoms with Crippen molar-refractivity contribution in [2.75, 3.05) is 7.11 Å². The average Bonchev–Trinajstić information content (AvgIpc) is 2.74. The molecule has 0 fully saturated rings. The Hall–Kier alpha value is -1.70. The van der Waals surface area contributed by atoms with Gasteiger partial charge in [-0.05, 0) is 48.6 Å². The maximum absolute atomic E-state index is 5.60. The highest BCUT2D eigenvalue weighted by Crippen LogP contribution is 2.36. The van der Waals surface area contributed by atoms with Gasteiger partial charge in [-0.2, -0.15) is 0 Å². The van der Waals surface area contributed by atoms with Crippen LogP contribution in [-0.4, -0.2) is 7.11 Å². The van der Waals surface area contributed by atoms with Crippen LogP contribution in [0.15, 0.2) is 28.9 Å². The van der Waals surface area contributed by atoms with Crippen LogP contribution in [0.2, 0.25) is 0 Å². The zero-order chi connectivity index (χ0) is 13.3. The van der Waals surface area contributed by atoms with Crippen LogP contribution >= 0.6 is 0 Å². The molecule has 0 radical (unpaired) electrons. The summed E-state index contributed by atoms with van der Waals surface area (Å²) in [6, 6.07) is 6.39. The van der Waals surface area contributed by atoms with Crippen molar-refractivity contribution in [2.24, 2.45) is 0 Å². The lowest BCUT2D eigenvalue weighted by Crippen LogP contribution is -1.95. The van der Waals surface area contributed by atoms with Crippen molar-refractivity contribution in [2.45, 2.75) is 33.6 Å². The Morgan fingerprint density at radius 1 is 1.11 bits per heavy atom. The highest BCUT2D eigenvalue weighted by atomic mass is 16.5. The van der Waals surface area contributed by atoms with Gasteiger partial charge < -0.3 is 9.15 Å². The highest BCUT2D eigenvalue weighted by Gasteiger charge is 2.14. The summed E-state index contributed by atoms with van der Waals surface area (Å²) in [5, 5.41) is 0. The second-order valence-electron chi connectivity index (χ2n) is 5.06. The molecule has 0 aliphatic heterocycles. The van der Waals surface area contributed by atoms with Gasteiger partial charge in [0, 0.05) is 0 Å². The first-order chi connectivity index (χ1) is 8.52. The van der Waals surface area contributed by atoms with Crippen molar-refractivity contribution in [3.05, 3.63) is 41.2 Å². The van der Waals surface area contributed by atoms with E-state index in [9.17, 15) is 0 Å². The number of methoxy groups -OCH3 is 1. The topological polar surface area (TPSA) is 22.4 Å². The Balaban J connectivity index is 2.63. The molecule has 1 aromatic heterocycles. The first-order valence-corrected chi connectivity index (χ1v) is 6.27.